The summed E-state index contributed by atoms with van der Waals surface area (Å²) in [4.78, 5) is 19.2. The van der Waals surface area contributed by atoms with Crippen molar-refractivity contribution in [2.24, 2.45) is 0 Å². The third-order valence-corrected chi connectivity index (χ3v) is 2.42. The Bertz CT molecular complexity index is 669. The molecule has 0 saturated heterocycles. The molecular weight excluding hydrogens is 337 g/mol. The minimum atomic E-state index is -0.799. The molecule has 0 aliphatic carbocycles. The van der Waals surface area contributed by atoms with Crippen LogP contribution in [0.15, 0.2) is 48.5 Å². The summed E-state index contributed by atoms with van der Waals surface area (Å²) in [6.45, 7) is 1.93. The largest absolute Gasteiger partial charge is 0.412 e. The van der Waals surface area contributed by atoms with Gasteiger partial charge in [-0.15, -0.1) is 0 Å². The van der Waals surface area contributed by atoms with Crippen LogP contribution in [0.5, 0.6) is 0 Å². The molecule has 2 aromatic rings. The molecule has 138 valence electrons. The molecule has 0 unspecified atom stereocenters. The first-order valence-electron chi connectivity index (χ1n) is 6.79. The maximum atomic E-state index is 12.4. The van der Waals surface area contributed by atoms with Crippen LogP contribution in [-0.4, -0.2) is 34.1 Å². The molecule has 0 atom stereocenters. The second-order valence-corrected chi connectivity index (χ2v) is 4.05. The lowest BCUT2D eigenvalue weighted by Gasteiger charge is -1.98. The first kappa shape index (κ1) is 24.1. The van der Waals surface area contributed by atoms with Crippen LogP contribution in [0.1, 0.15) is 6.92 Å². The van der Waals surface area contributed by atoms with E-state index in [9.17, 15) is 24.6 Å². The summed E-state index contributed by atoms with van der Waals surface area (Å²) in [6.07, 6.45) is 0. The van der Waals surface area contributed by atoms with Gasteiger partial charge in [-0.2, -0.15) is 4.39 Å². The molecule has 0 aliphatic heterocycles. The fraction of sp³-hybridized carbons (Fsp3) is 0.200. The van der Waals surface area contributed by atoms with Crippen LogP contribution in [0.4, 0.5) is 21.5 Å². The summed E-state index contributed by atoms with van der Waals surface area (Å²) in [5.41, 5.74) is 0.162. The number of anilines is 1. The second-order valence-electron chi connectivity index (χ2n) is 4.05. The van der Waals surface area contributed by atoms with Gasteiger partial charge in [0.05, 0.1) is 9.85 Å². The van der Waals surface area contributed by atoms with Gasteiger partial charge in [0.15, 0.2) is 0 Å². The molecule has 2 rings (SSSR count). The van der Waals surface area contributed by atoms with Crippen LogP contribution < -0.4 is 5.32 Å². The highest BCUT2D eigenvalue weighted by molar-refractivity contribution is 5.60. The topological polar surface area (TPSA) is 150 Å². The average Bonchev–Trinajstić information content (AvgIpc) is 2.56. The quantitative estimate of drug-likeness (QED) is 0.636. The Morgan fingerprint density at radius 2 is 1.40 bits per heavy atom. The van der Waals surface area contributed by atoms with Crippen molar-refractivity contribution in [1.82, 2.24) is 0 Å². The van der Waals surface area contributed by atoms with Crippen molar-refractivity contribution in [3.63, 3.8) is 0 Å². The zero-order valence-corrected chi connectivity index (χ0v) is 13.7. The predicted octanol–water partition coefficient (Wildman–Crippen LogP) is 2.54. The highest BCUT2D eigenvalue weighted by Crippen LogP contribution is 2.21. The smallest absolute Gasteiger partial charge is 0.304 e. The molecule has 0 heterocycles. The number of hydrogen-bond acceptors (Lipinski definition) is 6. The second kappa shape index (κ2) is 13.3. The number of nitrogens with one attached hydrogen (secondary N) is 1. The van der Waals surface area contributed by atoms with E-state index in [1.165, 1.54) is 18.2 Å². The van der Waals surface area contributed by atoms with Crippen molar-refractivity contribution in [1.29, 1.82) is 0 Å². The fourth-order valence-corrected chi connectivity index (χ4v) is 1.44. The molecule has 0 saturated carbocycles. The van der Waals surface area contributed by atoms with E-state index in [4.69, 9.17) is 5.11 Å². The highest BCUT2D eigenvalue weighted by atomic mass is 19.1. The van der Waals surface area contributed by atoms with Gasteiger partial charge in [0, 0.05) is 25.8 Å². The summed E-state index contributed by atoms with van der Waals surface area (Å²) in [7, 11) is 1.66. The molecule has 0 aliphatic rings. The van der Waals surface area contributed by atoms with Crippen molar-refractivity contribution in [3.05, 3.63) is 74.6 Å². The van der Waals surface area contributed by atoms with E-state index in [0.29, 0.717) is 5.69 Å². The van der Waals surface area contributed by atoms with Gasteiger partial charge in [-0.1, -0.05) is 24.3 Å². The molecule has 10 heteroatoms. The lowest BCUT2D eigenvalue weighted by molar-refractivity contribution is -0.387. The van der Waals surface area contributed by atoms with E-state index in [1.807, 2.05) is 0 Å². The minimum absolute atomic E-state index is 0. The Hall–Kier alpha value is -3.11. The number of aliphatic hydroxyl groups is 1. The SMILES string of the molecule is CCO.CNc1ccccc1[N+](=O)[O-].O.O=[N+]([O-])c1ccccc1F. The number of nitrogens with zero attached hydrogens (tertiary/aromatic N) is 2. The molecule has 0 aromatic heterocycles. The van der Waals surface area contributed by atoms with Crippen molar-refractivity contribution >= 4 is 17.1 Å². The third-order valence-electron chi connectivity index (χ3n) is 2.42. The van der Waals surface area contributed by atoms with Crippen LogP contribution in [-0.2, 0) is 0 Å². The normalized spacial score (nSPS) is 8.48. The zero-order chi connectivity index (χ0) is 18.5. The van der Waals surface area contributed by atoms with Crippen LogP contribution in [0.3, 0.4) is 0 Å². The third kappa shape index (κ3) is 8.93. The number of benzene rings is 2. The molecule has 0 radical (unpaired) electrons. The Labute approximate surface area is 143 Å². The van der Waals surface area contributed by atoms with Crippen LogP contribution in [0.25, 0.3) is 0 Å². The predicted molar refractivity (Wildman–Crippen MR) is 92.1 cm³/mol. The lowest BCUT2D eigenvalue weighted by atomic mass is 10.3. The van der Waals surface area contributed by atoms with Crippen molar-refractivity contribution in [2.45, 2.75) is 6.92 Å². The van der Waals surface area contributed by atoms with E-state index in [-0.39, 0.29) is 17.8 Å². The molecule has 25 heavy (non-hydrogen) atoms. The zero-order valence-electron chi connectivity index (χ0n) is 13.7. The van der Waals surface area contributed by atoms with Gasteiger partial charge in [-0.25, -0.2) is 0 Å². The molecule has 0 amide bonds. The number of nitro groups is 2. The standard InChI is InChI=1S/C7H8N2O2.C6H4FNO2.C2H6O.H2O/c1-8-6-4-2-3-5-7(6)9(10)11;7-5-3-1-2-4-6(5)8(9)10;1-2-3;/h2-5,8H,1H3;1-4H;3H,2H2,1H3;1H2. The maximum absolute atomic E-state index is 12.4. The van der Waals surface area contributed by atoms with Crippen molar-refractivity contribution in [2.75, 3.05) is 19.0 Å². The van der Waals surface area contributed by atoms with Crippen molar-refractivity contribution in [3.8, 4) is 0 Å². The van der Waals surface area contributed by atoms with Crippen LogP contribution in [0.2, 0.25) is 0 Å². The number of para-hydroxylation sites is 3. The summed E-state index contributed by atoms with van der Waals surface area (Å²) in [6, 6.07) is 11.5. The van der Waals surface area contributed by atoms with Gasteiger partial charge in [0.1, 0.15) is 5.69 Å². The van der Waals surface area contributed by atoms with Gasteiger partial charge in [-0.05, 0) is 19.1 Å². The Kier molecular flexibility index (Phi) is 12.9. The van der Waals surface area contributed by atoms with Crippen LogP contribution in [0, 0.1) is 26.0 Å². The van der Waals surface area contributed by atoms with E-state index >= 15 is 0 Å². The summed E-state index contributed by atoms with van der Waals surface area (Å²) in [5.74, 6) is -0.799. The molecular formula is C15H20FN3O6. The molecule has 0 bridgehead atoms. The van der Waals surface area contributed by atoms with E-state index in [2.05, 4.69) is 5.32 Å². The van der Waals surface area contributed by atoms with E-state index < -0.39 is 21.4 Å². The number of nitro benzene ring substituents is 2. The van der Waals surface area contributed by atoms with E-state index in [1.54, 1.807) is 32.2 Å². The van der Waals surface area contributed by atoms with Gasteiger partial charge in [0.25, 0.3) is 5.69 Å². The lowest BCUT2D eigenvalue weighted by Crippen LogP contribution is -1.95. The van der Waals surface area contributed by atoms with Gasteiger partial charge in [0.2, 0.25) is 5.82 Å². The average molecular weight is 357 g/mol. The van der Waals surface area contributed by atoms with Crippen molar-refractivity contribution < 1.29 is 24.8 Å². The first-order valence-corrected chi connectivity index (χ1v) is 6.79. The fourth-order valence-electron chi connectivity index (χ4n) is 1.44. The summed E-state index contributed by atoms with van der Waals surface area (Å²) >= 11 is 0. The molecule has 2 aromatic carbocycles. The minimum Gasteiger partial charge on any atom is -0.412 e. The van der Waals surface area contributed by atoms with Gasteiger partial charge in [-0.3, -0.25) is 20.2 Å². The maximum Gasteiger partial charge on any atom is 0.304 e. The number of aliphatic hydroxyl groups excluding tert-OH is 1. The molecule has 0 fully saturated rings. The van der Waals surface area contributed by atoms with E-state index in [0.717, 1.165) is 12.1 Å². The monoisotopic (exact) mass is 357 g/mol. The molecule has 4 N–H and O–H groups in total. The summed E-state index contributed by atoms with van der Waals surface area (Å²) in [5, 5.41) is 30.6. The first-order chi connectivity index (χ1) is 11.4. The summed E-state index contributed by atoms with van der Waals surface area (Å²) < 4.78 is 12.4. The highest BCUT2D eigenvalue weighted by Gasteiger charge is 2.10. The number of hydrogen-bond donors (Lipinski definition) is 2. The molecule has 0 spiro atoms. The van der Waals surface area contributed by atoms with Gasteiger partial charge >= 0.3 is 5.69 Å². The Morgan fingerprint density at radius 3 is 1.72 bits per heavy atom. The Balaban J connectivity index is 0. The number of halogens is 1. The van der Waals surface area contributed by atoms with Crippen LogP contribution >= 0.6 is 0 Å². The molecule has 9 nitrogen and oxygen atoms in total. The Morgan fingerprint density at radius 1 is 1.00 bits per heavy atom. The van der Waals surface area contributed by atoms with Gasteiger partial charge < -0.3 is 15.9 Å². The number of rotatable bonds is 3.